The molecule has 0 aromatic heterocycles. The first kappa shape index (κ1) is 29.7. The zero-order valence-corrected chi connectivity index (χ0v) is 17.5. The van der Waals surface area contributed by atoms with Crippen molar-refractivity contribution in [1.29, 1.82) is 0 Å². The molecule has 0 radical (unpaired) electrons. The number of hydrogen-bond donors (Lipinski definition) is 0. The molecular weight excluding hydrogens is 280 g/mol. The molecule has 0 saturated heterocycles. The lowest BCUT2D eigenvalue weighted by Crippen LogP contribution is -1.91. The standard InChI is InChI=1S/C15H24O.C3H8.2C2H6/c1-6-14(15(7-2)16-8-3)12-10-9-11-13(4)5;1-3-2;2*1-2/h6-7,10,12-13H,1-2,8-9,11H2,3-5H3;3H2,1-2H3;2*1-2H3/b12-10-,15-14+;;;. The molecule has 1 heteroatoms. The predicted molar refractivity (Wildman–Crippen MR) is 111 cm³/mol. The van der Waals surface area contributed by atoms with Crippen LogP contribution in [0.3, 0.4) is 0 Å². The van der Waals surface area contributed by atoms with Crippen molar-refractivity contribution < 1.29 is 4.74 Å². The monoisotopic (exact) mass is 324 g/mol. The van der Waals surface area contributed by atoms with Gasteiger partial charge < -0.3 is 4.74 Å². The number of allylic oxidation sites excluding steroid dienone is 5. The Bertz CT molecular complexity index is 282. The molecule has 0 spiro atoms. The minimum atomic E-state index is 0.651. The van der Waals surface area contributed by atoms with Gasteiger partial charge in [-0.05, 0) is 31.8 Å². The summed E-state index contributed by atoms with van der Waals surface area (Å²) in [5.41, 5.74) is 1.00. The fourth-order valence-electron chi connectivity index (χ4n) is 1.31. The molecule has 0 aromatic rings. The Labute approximate surface area is 148 Å². The second-order valence-electron chi connectivity index (χ2n) is 4.74. The molecule has 0 saturated carbocycles. The van der Waals surface area contributed by atoms with Crippen molar-refractivity contribution in [2.75, 3.05) is 6.61 Å². The summed E-state index contributed by atoms with van der Waals surface area (Å²) < 4.78 is 5.46. The highest BCUT2D eigenvalue weighted by atomic mass is 16.5. The van der Waals surface area contributed by atoms with Crippen LogP contribution < -0.4 is 0 Å². The van der Waals surface area contributed by atoms with Crippen molar-refractivity contribution in [2.45, 2.75) is 81.6 Å². The van der Waals surface area contributed by atoms with E-state index in [4.69, 9.17) is 4.74 Å². The minimum Gasteiger partial charge on any atom is -0.493 e. The van der Waals surface area contributed by atoms with Gasteiger partial charge in [0.15, 0.2) is 0 Å². The Kier molecular flexibility index (Phi) is 37.3. The highest BCUT2D eigenvalue weighted by Gasteiger charge is 1.97. The summed E-state index contributed by atoms with van der Waals surface area (Å²) in [4.78, 5) is 0. The van der Waals surface area contributed by atoms with Crippen LogP contribution in [0.25, 0.3) is 0 Å². The van der Waals surface area contributed by atoms with E-state index in [0.29, 0.717) is 6.61 Å². The van der Waals surface area contributed by atoms with Crippen molar-refractivity contribution in [3.63, 3.8) is 0 Å². The summed E-state index contributed by atoms with van der Waals surface area (Å²) in [7, 11) is 0. The molecule has 138 valence electrons. The number of rotatable bonds is 8. The van der Waals surface area contributed by atoms with Crippen molar-refractivity contribution >= 4 is 0 Å². The summed E-state index contributed by atoms with van der Waals surface area (Å²) in [5.74, 6) is 1.55. The van der Waals surface area contributed by atoms with Gasteiger partial charge in [-0.25, -0.2) is 0 Å². The summed E-state index contributed by atoms with van der Waals surface area (Å²) in [6.07, 6.45) is 11.3. The molecule has 0 bridgehead atoms. The predicted octanol–water partition coefficient (Wildman–Crippen LogP) is 8.11. The van der Waals surface area contributed by atoms with E-state index in [-0.39, 0.29) is 0 Å². The van der Waals surface area contributed by atoms with Gasteiger partial charge in [0.25, 0.3) is 0 Å². The molecule has 0 aromatic carbocycles. The van der Waals surface area contributed by atoms with Crippen LogP contribution in [0.4, 0.5) is 0 Å². The second kappa shape index (κ2) is 28.9. The molecular formula is C22H44O. The fraction of sp³-hybridized carbons (Fsp3) is 0.636. The third kappa shape index (κ3) is 26.0. The van der Waals surface area contributed by atoms with Gasteiger partial charge in [-0.2, -0.15) is 0 Å². The minimum absolute atomic E-state index is 0.651. The van der Waals surface area contributed by atoms with Crippen molar-refractivity contribution in [3.05, 3.63) is 48.8 Å². The largest absolute Gasteiger partial charge is 0.493 e. The maximum atomic E-state index is 5.46. The summed E-state index contributed by atoms with van der Waals surface area (Å²) in [6.45, 7) is 26.9. The van der Waals surface area contributed by atoms with Crippen molar-refractivity contribution in [1.82, 2.24) is 0 Å². The van der Waals surface area contributed by atoms with Gasteiger partial charge >= 0.3 is 0 Å². The van der Waals surface area contributed by atoms with Crippen LogP contribution in [-0.4, -0.2) is 6.61 Å². The van der Waals surface area contributed by atoms with Crippen LogP contribution in [-0.2, 0) is 4.74 Å². The normalized spacial score (nSPS) is 10.2. The average molecular weight is 325 g/mol. The second-order valence-corrected chi connectivity index (χ2v) is 4.74. The molecule has 23 heavy (non-hydrogen) atoms. The molecule has 0 amide bonds. The molecule has 0 rings (SSSR count). The molecule has 0 aliphatic carbocycles. The lowest BCUT2D eigenvalue weighted by atomic mass is 10.1. The lowest BCUT2D eigenvalue weighted by molar-refractivity contribution is 0.241. The first-order valence-electron chi connectivity index (χ1n) is 9.35. The SMILES string of the molecule is C=CC(/C=C\CCC(C)C)=C(/C=C)OCC.CC.CC.CCC. The van der Waals surface area contributed by atoms with Gasteiger partial charge in [0, 0.05) is 5.57 Å². The zero-order chi connectivity index (χ0) is 19.1. The first-order valence-corrected chi connectivity index (χ1v) is 9.35. The molecule has 0 atom stereocenters. The Morgan fingerprint density at radius 1 is 0.957 bits per heavy atom. The Morgan fingerprint density at radius 3 is 1.74 bits per heavy atom. The van der Waals surface area contributed by atoms with Crippen LogP contribution in [0.5, 0.6) is 0 Å². The van der Waals surface area contributed by atoms with E-state index in [9.17, 15) is 0 Å². The lowest BCUT2D eigenvalue weighted by Gasteiger charge is -2.06. The highest BCUT2D eigenvalue weighted by Crippen LogP contribution is 2.12. The van der Waals surface area contributed by atoms with E-state index in [1.54, 1.807) is 12.2 Å². The van der Waals surface area contributed by atoms with Gasteiger partial charge in [0.2, 0.25) is 0 Å². The maximum Gasteiger partial charge on any atom is 0.125 e. The smallest absolute Gasteiger partial charge is 0.125 e. The van der Waals surface area contributed by atoms with Gasteiger partial charge in [-0.1, -0.05) is 93.2 Å². The van der Waals surface area contributed by atoms with Crippen LogP contribution in [0, 0.1) is 5.92 Å². The number of ether oxygens (including phenoxy) is 1. The van der Waals surface area contributed by atoms with E-state index in [2.05, 4.69) is 53.0 Å². The molecule has 0 aliphatic heterocycles. The van der Waals surface area contributed by atoms with Crippen LogP contribution >= 0.6 is 0 Å². The number of hydrogen-bond acceptors (Lipinski definition) is 1. The average Bonchev–Trinajstić information content (AvgIpc) is 2.57. The maximum absolute atomic E-state index is 5.46. The van der Waals surface area contributed by atoms with Gasteiger partial charge in [0.1, 0.15) is 5.76 Å². The van der Waals surface area contributed by atoms with Crippen LogP contribution in [0.2, 0.25) is 0 Å². The van der Waals surface area contributed by atoms with Crippen LogP contribution in [0.15, 0.2) is 48.8 Å². The third-order valence-electron chi connectivity index (χ3n) is 2.20. The summed E-state index contributed by atoms with van der Waals surface area (Å²) in [6, 6.07) is 0. The van der Waals surface area contributed by atoms with Crippen molar-refractivity contribution in [3.8, 4) is 0 Å². The topological polar surface area (TPSA) is 9.23 Å². The quantitative estimate of drug-likeness (QED) is 0.323. The van der Waals surface area contributed by atoms with E-state index in [1.165, 1.54) is 12.8 Å². The highest BCUT2D eigenvalue weighted by molar-refractivity contribution is 5.36. The third-order valence-corrected chi connectivity index (χ3v) is 2.20. The Balaban J connectivity index is -0.000000222. The van der Waals surface area contributed by atoms with Crippen molar-refractivity contribution in [2.24, 2.45) is 5.92 Å². The molecule has 0 aliphatic rings. The Morgan fingerprint density at radius 2 is 1.43 bits per heavy atom. The van der Waals surface area contributed by atoms with Gasteiger partial charge in [-0.3, -0.25) is 0 Å². The van der Waals surface area contributed by atoms with Gasteiger partial charge in [-0.15, -0.1) is 0 Å². The molecule has 1 nitrogen and oxygen atoms in total. The van der Waals surface area contributed by atoms with E-state index in [1.807, 2.05) is 34.6 Å². The molecule has 0 fully saturated rings. The van der Waals surface area contributed by atoms with E-state index in [0.717, 1.165) is 23.7 Å². The van der Waals surface area contributed by atoms with E-state index >= 15 is 0 Å². The summed E-state index contributed by atoms with van der Waals surface area (Å²) >= 11 is 0. The summed E-state index contributed by atoms with van der Waals surface area (Å²) in [5, 5.41) is 0. The Hall–Kier alpha value is -1.24. The molecule has 0 heterocycles. The first-order chi connectivity index (χ1) is 11.1. The van der Waals surface area contributed by atoms with Gasteiger partial charge in [0.05, 0.1) is 6.61 Å². The molecule has 0 N–H and O–H groups in total. The molecule has 0 unspecified atom stereocenters. The fourth-order valence-corrected chi connectivity index (χ4v) is 1.31. The van der Waals surface area contributed by atoms with E-state index < -0.39 is 0 Å². The zero-order valence-electron chi connectivity index (χ0n) is 17.5. The van der Waals surface area contributed by atoms with Crippen LogP contribution in [0.1, 0.15) is 81.6 Å².